The number of rotatable bonds is 4. The Morgan fingerprint density at radius 3 is 2.68 bits per heavy atom. The van der Waals surface area contributed by atoms with Crippen molar-refractivity contribution in [1.29, 1.82) is 0 Å². The van der Waals surface area contributed by atoms with E-state index < -0.39 is 0 Å². The predicted molar refractivity (Wildman–Crippen MR) is 98.6 cm³/mol. The SMILES string of the molecule is O=C(Cc1c[nH]c2ccccc12)N1CCN(CC2CCOCC2)CC1. The third-order valence-corrected chi connectivity index (χ3v) is 5.60. The average Bonchev–Trinajstić information content (AvgIpc) is 3.06. The number of nitrogens with zero attached hydrogens (tertiary/aromatic N) is 2. The molecule has 2 fully saturated rings. The molecule has 134 valence electrons. The highest BCUT2D eigenvalue weighted by Gasteiger charge is 2.24. The molecule has 2 aliphatic rings. The van der Waals surface area contributed by atoms with E-state index in [2.05, 4.69) is 22.0 Å². The second-order valence-electron chi connectivity index (χ2n) is 7.27. The average molecular weight is 341 g/mol. The lowest BCUT2D eigenvalue weighted by molar-refractivity contribution is -0.132. The Balaban J connectivity index is 1.29. The Bertz CT molecular complexity index is 713. The highest BCUT2D eigenvalue weighted by molar-refractivity contribution is 5.88. The van der Waals surface area contributed by atoms with Gasteiger partial charge in [0.15, 0.2) is 0 Å². The molecule has 0 unspecified atom stereocenters. The topological polar surface area (TPSA) is 48.6 Å². The molecule has 0 spiro atoms. The largest absolute Gasteiger partial charge is 0.381 e. The number of carbonyl (C=O) groups is 1. The second kappa shape index (κ2) is 7.58. The summed E-state index contributed by atoms with van der Waals surface area (Å²) in [5, 5.41) is 1.16. The van der Waals surface area contributed by atoms with Gasteiger partial charge in [-0.05, 0) is 30.4 Å². The summed E-state index contributed by atoms with van der Waals surface area (Å²) in [5.41, 5.74) is 2.21. The zero-order chi connectivity index (χ0) is 17.1. The van der Waals surface area contributed by atoms with Gasteiger partial charge < -0.3 is 14.6 Å². The van der Waals surface area contributed by atoms with Crippen molar-refractivity contribution in [3.8, 4) is 0 Å². The zero-order valence-corrected chi connectivity index (χ0v) is 14.7. The van der Waals surface area contributed by atoms with Crippen molar-refractivity contribution in [2.75, 3.05) is 45.9 Å². The van der Waals surface area contributed by atoms with Crippen molar-refractivity contribution in [2.24, 2.45) is 5.92 Å². The van der Waals surface area contributed by atoms with Crippen LogP contribution in [0.5, 0.6) is 0 Å². The lowest BCUT2D eigenvalue weighted by Gasteiger charge is -2.37. The number of piperazine rings is 1. The van der Waals surface area contributed by atoms with Crippen LogP contribution in [0.1, 0.15) is 18.4 Å². The van der Waals surface area contributed by atoms with E-state index in [-0.39, 0.29) is 5.91 Å². The molecule has 0 radical (unpaired) electrons. The van der Waals surface area contributed by atoms with Crippen LogP contribution in [0, 0.1) is 5.92 Å². The molecule has 2 aliphatic heterocycles. The Hall–Kier alpha value is -1.85. The van der Waals surface area contributed by atoms with Gasteiger partial charge in [0.1, 0.15) is 0 Å². The van der Waals surface area contributed by atoms with Crippen LogP contribution < -0.4 is 0 Å². The van der Waals surface area contributed by atoms with E-state index in [0.717, 1.165) is 68.3 Å². The number of hydrogen-bond acceptors (Lipinski definition) is 3. The molecule has 0 bridgehead atoms. The molecule has 0 saturated carbocycles. The van der Waals surface area contributed by atoms with Crippen molar-refractivity contribution in [3.05, 3.63) is 36.0 Å². The minimum atomic E-state index is 0.246. The summed E-state index contributed by atoms with van der Waals surface area (Å²) in [6, 6.07) is 8.18. The van der Waals surface area contributed by atoms with Crippen LogP contribution >= 0.6 is 0 Å². The monoisotopic (exact) mass is 341 g/mol. The highest BCUT2D eigenvalue weighted by Crippen LogP contribution is 2.20. The van der Waals surface area contributed by atoms with Crippen LogP contribution in [-0.2, 0) is 16.0 Å². The van der Waals surface area contributed by atoms with Gasteiger partial charge in [-0.25, -0.2) is 0 Å². The van der Waals surface area contributed by atoms with Gasteiger partial charge in [0.05, 0.1) is 6.42 Å². The minimum absolute atomic E-state index is 0.246. The summed E-state index contributed by atoms with van der Waals surface area (Å²) in [6.07, 6.45) is 4.83. The molecule has 1 aromatic carbocycles. The van der Waals surface area contributed by atoms with E-state index in [1.165, 1.54) is 12.8 Å². The lowest BCUT2D eigenvalue weighted by Crippen LogP contribution is -2.50. The number of carbonyl (C=O) groups excluding carboxylic acids is 1. The van der Waals surface area contributed by atoms with Crippen molar-refractivity contribution in [2.45, 2.75) is 19.3 Å². The van der Waals surface area contributed by atoms with Crippen LogP contribution in [-0.4, -0.2) is 66.6 Å². The maximum absolute atomic E-state index is 12.7. The maximum atomic E-state index is 12.7. The molecule has 3 heterocycles. The third-order valence-electron chi connectivity index (χ3n) is 5.60. The standard InChI is InChI=1S/C20H27N3O2/c24-20(13-17-14-21-19-4-2-1-3-18(17)19)23-9-7-22(8-10-23)15-16-5-11-25-12-6-16/h1-4,14,16,21H,5-13,15H2. The molecule has 5 nitrogen and oxygen atoms in total. The number of amides is 1. The number of nitrogens with one attached hydrogen (secondary N) is 1. The van der Waals surface area contributed by atoms with Crippen molar-refractivity contribution < 1.29 is 9.53 Å². The molecule has 1 aromatic heterocycles. The quantitative estimate of drug-likeness (QED) is 0.928. The van der Waals surface area contributed by atoms with E-state index >= 15 is 0 Å². The first-order chi connectivity index (χ1) is 12.3. The number of H-pyrrole nitrogens is 1. The molecule has 4 rings (SSSR count). The van der Waals surface area contributed by atoms with Gasteiger partial charge in [-0.15, -0.1) is 0 Å². The van der Waals surface area contributed by atoms with Crippen molar-refractivity contribution in [1.82, 2.24) is 14.8 Å². The van der Waals surface area contributed by atoms with Gasteiger partial charge in [-0.2, -0.15) is 0 Å². The number of para-hydroxylation sites is 1. The molecule has 0 atom stereocenters. The summed E-state index contributed by atoms with van der Waals surface area (Å²) in [7, 11) is 0. The molecule has 2 saturated heterocycles. The van der Waals surface area contributed by atoms with E-state index in [0.29, 0.717) is 6.42 Å². The molecule has 25 heavy (non-hydrogen) atoms. The predicted octanol–water partition coefficient (Wildman–Crippen LogP) is 2.28. The molecule has 1 amide bonds. The fraction of sp³-hybridized carbons (Fsp3) is 0.550. The van der Waals surface area contributed by atoms with Crippen LogP contribution in [0.15, 0.2) is 30.5 Å². The summed E-state index contributed by atoms with van der Waals surface area (Å²) in [5.74, 6) is 1.01. The minimum Gasteiger partial charge on any atom is -0.381 e. The number of benzene rings is 1. The van der Waals surface area contributed by atoms with E-state index in [1.54, 1.807) is 0 Å². The molecule has 5 heteroatoms. The summed E-state index contributed by atoms with van der Waals surface area (Å²) >= 11 is 0. The summed E-state index contributed by atoms with van der Waals surface area (Å²) in [4.78, 5) is 20.5. The molecule has 1 N–H and O–H groups in total. The van der Waals surface area contributed by atoms with Gasteiger partial charge in [0, 0.05) is 63.0 Å². The zero-order valence-electron chi connectivity index (χ0n) is 14.7. The van der Waals surface area contributed by atoms with Gasteiger partial charge in [-0.3, -0.25) is 9.69 Å². The molecule has 2 aromatic rings. The molecule has 0 aliphatic carbocycles. The van der Waals surface area contributed by atoms with Gasteiger partial charge in [0.25, 0.3) is 0 Å². The van der Waals surface area contributed by atoms with Gasteiger partial charge in [-0.1, -0.05) is 18.2 Å². The summed E-state index contributed by atoms with van der Waals surface area (Å²) in [6.45, 7) is 6.68. The number of ether oxygens (including phenoxy) is 1. The summed E-state index contributed by atoms with van der Waals surface area (Å²) < 4.78 is 5.44. The lowest BCUT2D eigenvalue weighted by atomic mass is 9.99. The Morgan fingerprint density at radius 2 is 1.88 bits per heavy atom. The first-order valence-electron chi connectivity index (χ1n) is 9.42. The van der Waals surface area contributed by atoms with E-state index in [1.807, 2.05) is 23.2 Å². The van der Waals surface area contributed by atoms with Crippen LogP contribution in [0.25, 0.3) is 10.9 Å². The normalized spacial score (nSPS) is 20.2. The molecular weight excluding hydrogens is 314 g/mol. The van der Waals surface area contributed by atoms with E-state index in [4.69, 9.17) is 4.74 Å². The highest BCUT2D eigenvalue weighted by atomic mass is 16.5. The number of hydrogen-bond donors (Lipinski definition) is 1. The van der Waals surface area contributed by atoms with Crippen LogP contribution in [0.2, 0.25) is 0 Å². The number of aromatic nitrogens is 1. The second-order valence-corrected chi connectivity index (χ2v) is 7.27. The Kier molecular flexibility index (Phi) is 5.04. The van der Waals surface area contributed by atoms with Crippen molar-refractivity contribution >= 4 is 16.8 Å². The van der Waals surface area contributed by atoms with Gasteiger partial charge >= 0.3 is 0 Å². The van der Waals surface area contributed by atoms with Crippen LogP contribution in [0.3, 0.4) is 0 Å². The molecular formula is C20H27N3O2. The fourth-order valence-corrected chi connectivity index (χ4v) is 4.03. The third kappa shape index (κ3) is 3.88. The Labute approximate surface area is 148 Å². The Morgan fingerprint density at radius 1 is 1.12 bits per heavy atom. The fourth-order valence-electron chi connectivity index (χ4n) is 4.03. The smallest absolute Gasteiger partial charge is 0.227 e. The maximum Gasteiger partial charge on any atom is 0.227 e. The number of fused-ring (bicyclic) bond motifs is 1. The first kappa shape index (κ1) is 16.6. The van der Waals surface area contributed by atoms with Gasteiger partial charge in [0.2, 0.25) is 5.91 Å². The first-order valence-corrected chi connectivity index (χ1v) is 9.42. The van der Waals surface area contributed by atoms with Crippen LogP contribution in [0.4, 0.5) is 0 Å². The van der Waals surface area contributed by atoms with E-state index in [9.17, 15) is 4.79 Å². The van der Waals surface area contributed by atoms with Crippen molar-refractivity contribution in [3.63, 3.8) is 0 Å². The number of aromatic amines is 1.